The number of Topliss-reactive ketones (excluding diaryl/α,β-unsaturated/α-hetero) is 1. The van der Waals surface area contributed by atoms with Crippen LogP contribution in [0.15, 0.2) is 11.0 Å². The Hall–Kier alpha value is -1.53. The Morgan fingerprint density at radius 3 is 2.45 bits per heavy atom. The number of thiazole rings is 1. The van der Waals surface area contributed by atoms with Gasteiger partial charge < -0.3 is 9.84 Å². The van der Waals surface area contributed by atoms with Crippen molar-refractivity contribution in [2.45, 2.75) is 106 Å². The normalized spacial score (nSPS) is 31.3. The van der Waals surface area contributed by atoms with Crippen LogP contribution in [0.25, 0.3) is 6.08 Å². The van der Waals surface area contributed by atoms with Gasteiger partial charge in [0.05, 0.1) is 28.6 Å². The van der Waals surface area contributed by atoms with Gasteiger partial charge in [0, 0.05) is 11.3 Å². The van der Waals surface area contributed by atoms with Crippen LogP contribution in [-0.4, -0.2) is 34.1 Å². The number of aryl methyl sites for hydroxylation is 1. The summed E-state index contributed by atoms with van der Waals surface area (Å²) < 4.78 is 5.88. The minimum atomic E-state index is -1.08. The van der Waals surface area contributed by atoms with Gasteiger partial charge in [-0.25, -0.2) is 4.98 Å². The van der Waals surface area contributed by atoms with Crippen LogP contribution in [0.2, 0.25) is 0 Å². The Morgan fingerprint density at radius 1 is 1.15 bits per heavy atom. The highest BCUT2D eigenvalue weighted by Gasteiger charge is 2.40. The molecule has 1 N–H and O–H groups in total. The van der Waals surface area contributed by atoms with Gasteiger partial charge in [-0.15, -0.1) is 11.3 Å². The van der Waals surface area contributed by atoms with Crippen molar-refractivity contribution in [3.05, 3.63) is 21.7 Å². The molecular weight excluding hydrogens is 434 g/mol. The summed E-state index contributed by atoms with van der Waals surface area (Å²) in [6.45, 7) is 13.8. The number of rotatable bonds is 2. The number of nitrogens with zero attached hydrogens (tertiary/aromatic N) is 1. The van der Waals surface area contributed by atoms with Crippen LogP contribution in [0.1, 0.15) is 97.2 Å². The summed E-state index contributed by atoms with van der Waals surface area (Å²) in [4.78, 5) is 30.5. The lowest BCUT2D eigenvalue weighted by Gasteiger charge is -2.32. The van der Waals surface area contributed by atoms with Crippen LogP contribution >= 0.6 is 11.3 Å². The maximum Gasteiger partial charge on any atom is 0.309 e. The zero-order valence-electron chi connectivity index (χ0n) is 21.5. The fourth-order valence-corrected chi connectivity index (χ4v) is 5.36. The Morgan fingerprint density at radius 2 is 1.82 bits per heavy atom. The zero-order valence-corrected chi connectivity index (χ0v) is 22.3. The topological polar surface area (TPSA) is 76.5 Å². The molecule has 1 saturated heterocycles. The maximum atomic E-state index is 13.1. The summed E-state index contributed by atoms with van der Waals surface area (Å²) >= 11 is 1.59. The largest absolute Gasteiger partial charge is 0.458 e. The third kappa shape index (κ3) is 8.32. The molecule has 0 bridgehead atoms. The molecule has 0 saturated carbocycles. The molecule has 2 heterocycles. The van der Waals surface area contributed by atoms with Gasteiger partial charge in [-0.3, -0.25) is 9.59 Å². The molecule has 1 aromatic rings. The summed E-state index contributed by atoms with van der Waals surface area (Å²) in [7, 11) is 0. The molecule has 6 heteroatoms. The van der Waals surface area contributed by atoms with Crippen molar-refractivity contribution in [2.75, 3.05) is 0 Å². The van der Waals surface area contributed by atoms with E-state index in [2.05, 4.69) is 18.8 Å². The summed E-state index contributed by atoms with van der Waals surface area (Å²) in [6, 6.07) is 0. The van der Waals surface area contributed by atoms with Gasteiger partial charge in [0.15, 0.2) is 0 Å². The van der Waals surface area contributed by atoms with Crippen molar-refractivity contribution >= 4 is 29.2 Å². The number of aromatic nitrogens is 1. The van der Waals surface area contributed by atoms with E-state index in [1.165, 1.54) is 0 Å². The van der Waals surface area contributed by atoms with E-state index in [1.54, 1.807) is 25.2 Å². The van der Waals surface area contributed by atoms with E-state index in [0.29, 0.717) is 11.8 Å². The molecule has 186 valence electrons. The van der Waals surface area contributed by atoms with Gasteiger partial charge in [-0.05, 0) is 56.6 Å². The molecule has 0 spiro atoms. The number of carbonyl (C=O) groups excluding carboxylic acids is 2. The smallest absolute Gasteiger partial charge is 0.309 e. The second kappa shape index (κ2) is 12.3. The highest BCUT2D eigenvalue weighted by atomic mass is 32.1. The number of ether oxygens (including phenoxy) is 1. The highest BCUT2D eigenvalue weighted by molar-refractivity contribution is 7.09. The summed E-state index contributed by atoms with van der Waals surface area (Å²) in [5.41, 5.74) is 0.831. The van der Waals surface area contributed by atoms with E-state index < -0.39 is 17.5 Å². The van der Waals surface area contributed by atoms with Gasteiger partial charge in [-0.1, -0.05) is 53.9 Å². The lowest BCUT2D eigenvalue weighted by atomic mass is 9.74. The number of ketones is 1. The molecule has 0 amide bonds. The molecule has 1 fully saturated rings. The molecule has 1 aliphatic rings. The Kier molecular flexibility index (Phi) is 10.3. The summed E-state index contributed by atoms with van der Waals surface area (Å²) in [6.07, 6.45) is 6.25. The van der Waals surface area contributed by atoms with Gasteiger partial charge in [0.2, 0.25) is 0 Å². The van der Waals surface area contributed by atoms with Crippen LogP contribution in [0, 0.1) is 30.1 Å². The molecule has 33 heavy (non-hydrogen) atoms. The molecule has 5 atom stereocenters. The first-order valence-corrected chi connectivity index (χ1v) is 13.3. The maximum absolute atomic E-state index is 13.1. The molecule has 0 aliphatic carbocycles. The van der Waals surface area contributed by atoms with Crippen molar-refractivity contribution in [3.63, 3.8) is 0 Å². The summed E-state index contributed by atoms with van der Waals surface area (Å²) in [5.74, 6) is 0.397. The van der Waals surface area contributed by atoms with E-state index in [4.69, 9.17) is 4.74 Å². The Labute approximate surface area is 204 Å². The number of cyclic esters (lactones) is 1. The van der Waals surface area contributed by atoms with Crippen molar-refractivity contribution in [1.82, 2.24) is 4.98 Å². The van der Waals surface area contributed by atoms with E-state index in [-0.39, 0.29) is 24.2 Å². The van der Waals surface area contributed by atoms with Crippen molar-refractivity contribution in [2.24, 2.45) is 23.2 Å². The lowest BCUT2D eigenvalue weighted by molar-refractivity contribution is -0.153. The van der Waals surface area contributed by atoms with Crippen LogP contribution in [0.3, 0.4) is 0 Å². The second-order valence-electron chi connectivity index (χ2n) is 10.8. The Bertz CT molecular complexity index is 828. The fourth-order valence-electron chi connectivity index (χ4n) is 4.79. The van der Waals surface area contributed by atoms with Crippen LogP contribution < -0.4 is 0 Å². The first kappa shape index (κ1) is 27.7. The Balaban J connectivity index is 2.24. The monoisotopic (exact) mass is 477 g/mol. The van der Waals surface area contributed by atoms with E-state index in [1.807, 2.05) is 32.2 Å². The highest BCUT2D eigenvalue weighted by Crippen LogP contribution is 2.32. The molecule has 5 nitrogen and oxygen atoms in total. The van der Waals surface area contributed by atoms with E-state index in [0.717, 1.165) is 54.8 Å². The standard InChI is InChI=1S/C27H43NO4S/c1-17-9-8-10-18(2)13-20(4)26(31)27(6,7)24(29)15-25(30)32-23(12-11-17)19(3)14-22-16-33-21(5)28-22/h14,16-18,20,23-24,29H,8-13,15H2,1-7H3/b19-14+/t17?,18?,20?,23-,24?/m0/s1. The summed E-state index contributed by atoms with van der Waals surface area (Å²) in [5, 5.41) is 13.8. The van der Waals surface area contributed by atoms with Crippen molar-refractivity contribution < 1.29 is 19.4 Å². The van der Waals surface area contributed by atoms with Crippen LogP contribution in [0.4, 0.5) is 0 Å². The molecule has 1 aromatic heterocycles. The first-order chi connectivity index (χ1) is 15.4. The molecule has 0 radical (unpaired) electrons. The quantitative estimate of drug-likeness (QED) is 0.500. The number of esters is 1. The second-order valence-corrected chi connectivity index (χ2v) is 11.9. The van der Waals surface area contributed by atoms with Gasteiger partial charge in [0.25, 0.3) is 0 Å². The van der Waals surface area contributed by atoms with E-state index in [9.17, 15) is 14.7 Å². The number of hydrogen-bond donors (Lipinski definition) is 1. The number of aliphatic hydroxyl groups excluding tert-OH is 1. The first-order valence-electron chi connectivity index (χ1n) is 12.4. The molecule has 2 rings (SSSR count). The van der Waals surface area contributed by atoms with Gasteiger partial charge in [0.1, 0.15) is 11.9 Å². The minimum Gasteiger partial charge on any atom is -0.458 e. The molecule has 0 aromatic carbocycles. The third-order valence-electron chi connectivity index (χ3n) is 7.14. The molecule has 1 aliphatic heterocycles. The predicted octanol–water partition coefficient (Wildman–Crippen LogP) is 6.38. The minimum absolute atomic E-state index is 0.0154. The van der Waals surface area contributed by atoms with Crippen LogP contribution in [-0.2, 0) is 14.3 Å². The van der Waals surface area contributed by atoms with Crippen LogP contribution in [0.5, 0.6) is 0 Å². The fraction of sp³-hybridized carbons (Fsp3) is 0.741. The molecular formula is C27H43NO4S. The zero-order chi connectivity index (χ0) is 24.8. The van der Waals surface area contributed by atoms with Gasteiger partial charge >= 0.3 is 5.97 Å². The van der Waals surface area contributed by atoms with Crippen molar-refractivity contribution in [1.29, 1.82) is 0 Å². The average molecular weight is 478 g/mol. The molecule has 4 unspecified atom stereocenters. The number of hydrogen-bond acceptors (Lipinski definition) is 6. The number of aliphatic hydroxyl groups is 1. The van der Waals surface area contributed by atoms with Gasteiger partial charge in [-0.2, -0.15) is 0 Å². The van der Waals surface area contributed by atoms with Crippen molar-refractivity contribution in [3.8, 4) is 0 Å². The predicted molar refractivity (Wildman–Crippen MR) is 135 cm³/mol. The average Bonchev–Trinajstić information content (AvgIpc) is 3.13. The van der Waals surface area contributed by atoms with E-state index >= 15 is 0 Å². The third-order valence-corrected chi connectivity index (χ3v) is 7.93. The number of carbonyl (C=O) groups is 2. The lowest BCUT2D eigenvalue weighted by Crippen LogP contribution is -2.42. The SMILES string of the molecule is C/C(=C\c1csc(C)n1)[C@@H]1CCC(C)CCCC(C)CC(C)C(=O)C(C)(C)C(O)CC(=O)O1.